The first-order valence-electron chi connectivity index (χ1n) is 4.95. The Morgan fingerprint density at radius 3 is 3.14 bits per heavy atom. The van der Waals surface area contributed by atoms with Gasteiger partial charge in [0, 0.05) is 6.42 Å². The summed E-state index contributed by atoms with van der Waals surface area (Å²) in [5.74, 6) is 1.35. The highest BCUT2D eigenvalue weighted by Crippen LogP contribution is 2.36. The number of carbonyl (C=O) groups is 1. The summed E-state index contributed by atoms with van der Waals surface area (Å²) >= 11 is 0. The van der Waals surface area contributed by atoms with Crippen LogP contribution in [0.2, 0.25) is 0 Å². The van der Waals surface area contributed by atoms with Gasteiger partial charge in [-0.2, -0.15) is 0 Å². The van der Waals surface area contributed by atoms with Crippen LogP contribution in [0.4, 0.5) is 0 Å². The van der Waals surface area contributed by atoms with E-state index >= 15 is 0 Å². The molecule has 0 heterocycles. The highest BCUT2D eigenvalue weighted by atomic mass is 16.5. The van der Waals surface area contributed by atoms with Gasteiger partial charge in [-0.15, -0.1) is 0 Å². The van der Waals surface area contributed by atoms with Crippen molar-refractivity contribution in [2.75, 3.05) is 7.11 Å². The number of ether oxygens (including phenoxy) is 1. The molecule has 0 radical (unpaired) electrons. The predicted molar refractivity (Wildman–Crippen MR) is 54.7 cm³/mol. The van der Waals surface area contributed by atoms with Crippen LogP contribution < -0.4 is 4.74 Å². The number of carbonyl (C=O) groups excluding carboxylic acids is 1. The lowest BCUT2D eigenvalue weighted by Gasteiger charge is -2.08. The maximum Gasteiger partial charge on any atom is 0.120 e. The number of benzene rings is 1. The van der Waals surface area contributed by atoms with Crippen molar-refractivity contribution in [2.24, 2.45) is 0 Å². The van der Waals surface area contributed by atoms with E-state index in [1.54, 1.807) is 7.11 Å². The van der Waals surface area contributed by atoms with Crippen LogP contribution in [0, 0.1) is 0 Å². The van der Waals surface area contributed by atoms with Crippen LogP contribution in [0.1, 0.15) is 29.9 Å². The van der Waals surface area contributed by atoms with E-state index in [0.29, 0.717) is 12.3 Å². The number of aldehydes is 1. The Kier molecular flexibility index (Phi) is 2.53. The quantitative estimate of drug-likeness (QED) is 0.684. The molecule has 1 aromatic carbocycles. The van der Waals surface area contributed by atoms with Gasteiger partial charge in [-0.3, -0.25) is 0 Å². The second kappa shape index (κ2) is 3.82. The van der Waals surface area contributed by atoms with Crippen LogP contribution in [0.5, 0.6) is 5.75 Å². The molecule has 0 fully saturated rings. The summed E-state index contributed by atoms with van der Waals surface area (Å²) in [5, 5.41) is 0. The molecule has 1 aliphatic carbocycles. The molecule has 1 aliphatic rings. The summed E-state index contributed by atoms with van der Waals surface area (Å²) in [6.45, 7) is 0. The van der Waals surface area contributed by atoms with E-state index in [-0.39, 0.29) is 0 Å². The maximum absolute atomic E-state index is 10.5. The summed E-state index contributed by atoms with van der Waals surface area (Å²) in [6.07, 6.45) is 3.84. The highest BCUT2D eigenvalue weighted by Gasteiger charge is 2.21. The molecule has 0 amide bonds. The summed E-state index contributed by atoms with van der Waals surface area (Å²) in [5.41, 5.74) is 2.68. The zero-order valence-electron chi connectivity index (χ0n) is 8.32. The zero-order valence-corrected chi connectivity index (χ0v) is 8.32. The van der Waals surface area contributed by atoms with E-state index < -0.39 is 0 Å². The molecule has 0 spiro atoms. The van der Waals surface area contributed by atoms with Gasteiger partial charge in [-0.05, 0) is 42.0 Å². The van der Waals surface area contributed by atoms with E-state index in [1.807, 2.05) is 6.07 Å². The number of fused-ring (bicyclic) bond motifs is 1. The number of hydrogen-bond acceptors (Lipinski definition) is 2. The molecule has 0 saturated carbocycles. The van der Waals surface area contributed by atoms with Crippen LogP contribution in [0.15, 0.2) is 18.2 Å². The standard InChI is InChI=1S/C12H14O2/c1-14-11-4-5-12-9(6-7-13)2-3-10(12)8-11/h4-5,7-9H,2-3,6H2,1H3/t9-/m0/s1. The molecule has 0 bridgehead atoms. The lowest BCUT2D eigenvalue weighted by Crippen LogP contribution is -1.94. The summed E-state index contributed by atoms with van der Waals surface area (Å²) in [4.78, 5) is 10.5. The van der Waals surface area contributed by atoms with E-state index in [4.69, 9.17) is 4.74 Å². The topological polar surface area (TPSA) is 26.3 Å². The molecule has 1 atom stereocenters. The predicted octanol–water partition coefficient (Wildman–Crippen LogP) is 2.31. The minimum Gasteiger partial charge on any atom is -0.497 e. The average Bonchev–Trinajstić information content (AvgIpc) is 2.61. The lowest BCUT2D eigenvalue weighted by molar-refractivity contribution is -0.108. The van der Waals surface area contributed by atoms with E-state index in [0.717, 1.165) is 24.9 Å². The van der Waals surface area contributed by atoms with Gasteiger partial charge in [-0.25, -0.2) is 0 Å². The van der Waals surface area contributed by atoms with Crippen LogP contribution >= 0.6 is 0 Å². The smallest absolute Gasteiger partial charge is 0.120 e. The van der Waals surface area contributed by atoms with E-state index in [2.05, 4.69) is 12.1 Å². The fraction of sp³-hybridized carbons (Fsp3) is 0.417. The molecule has 0 unspecified atom stereocenters. The Morgan fingerprint density at radius 1 is 1.57 bits per heavy atom. The van der Waals surface area contributed by atoms with Crippen molar-refractivity contribution in [2.45, 2.75) is 25.2 Å². The molecule has 14 heavy (non-hydrogen) atoms. The number of methoxy groups -OCH3 is 1. The lowest BCUT2D eigenvalue weighted by atomic mass is 9.99. The van der Waals surface area contributed by atoms with Crippen molar-refractivity contribution < 1.29 is 9.53 Å². The van der Waals surface area contributed by atoms with Crippen LogP contribution in [-0.2, 0) is 11.2 Å². The van der Waals surface area contributed by atoms with Crippen molar-refractivity contribution in [1.29, 1.82) is 0 Å². The molecule has 2 heteroatoms. The number of aryl methyl sites for hydroxylation is 1. The Morgan fingerprint density at radius 2 is 2.43 bits per heavy atom. The van der Waals surface area contributed by atoms with Crippen molar-refractivity contribution in [3.63, 3.8) is 0 Å². The molecule has 0 N–H and O–H groups in total. The SMILES string of the molecule is COc1ccc2c(c1)CC[C@H]2CC=O. The third-order valence-electron chi connectivity index (χ3n) is 2.93. The van der Waals surface area contributed by atoms with Gasteiger partial charge < -0.3 is 9.53 Å². The molecule has 2 rings (SSSR count). The Bertz CT molecular complexity index is 344. The molecule has 74 valence electrons. The first-order valence-corrected chi connectivity index (χ1v) is 4.95. The molecule has 0 saturated heterocycles. The van der Waals surface area contributed by atoms with Gasteiger partial charge in [0.2, 0.25) is 0 Å². The maximum atomic E-state index is 10.5. The first kappa shape index (κ1) is 9.25. The third kappa shape index (κ3) is 1.52. The van der Waals surface area contributed by atoms with Gasteiger partial charge >= 0.3 is 0 Å². The number of rotatable bonds is 3. The van der Waals surface area contributed by atoms with Crippen molar-refractivity contribution in [3.05, 3.63) is 29.3 Å². The normalized spacial score (nSPS) is 19.1. The van der Waals surface area contributed by atoms with Crippen LogP contribution in [0.25, 0.3) is 0 Å². The van der Waals surface area contributed by atoms with Crippen LogP contribution in [0.3, 0.4) is 0 Å². The second-order valence-corrected chi connectivity index (χ2v) is 3.70. The third-order valence-corrected chi connectivity index (χ3v) is 2.93. The first-order chi connectivity index (χ1) is 6.85. The minimum absolute atomic E-state index is 0.438. The summed E-state index contributed by atoms with van der Waals surface area (Å²) in [6, 6.07) is 6.15. The fourth-order valence-electron chi connectivity index (χ4n) is 2.17. The van der Waals surface area contributed by atoms with Gasteiger partial charge in [0.1, 0.15) is 12.0 Å². The second-order valence-electron chi connectivity index (χ2n) is 3.70. The Hall–Kier alpha value is -1.31. The van der Waals surface area contributed by atoms with Crippen molar-refractivity contribution in [1.82, 2.24) is 0 Å². The monoisotopic (exact) mass is 190 g/mol. The van der Waals surface area contributed by atoms with E-state index in [9.17, 15) is 4.79 Å². The molecule has 1 aromatic rings. The minimum atomic E-state index is 0.438. The largest absolute Gasteiger partial charge is 0.497 e. The van der Waals surface area contributed by atoms with Crippen molar-refractivity contribution >= 4 is 6.29 Å². The number of hydrogen-bond donors (Lipinski definition) is 0. The van der Waals surface area contributed by atoms with E-state index in [1.165, 1.54) is 11.1 Å². The van der Waals surface area contributed by atoms with Gasteiger partial charge in [-0.1, -0.05) is 6.07 Å². The highest BCUT2D eigenvalue weighted by molar-refractivity contribution is 5.53. The molecule has 0 aliphatic heterocycles. The van der Waals surface area contributed by atoms with Crippen molar-refractivity contribution in [3.8, 4) is 5.75 Å². The average molecular weight is 190 g/mol. The Balaban J connectivity index is 2.28. The van der Waals surface area contributed by atoms with Gasteiger partial charge in [0.05, 0.1) is 7.11 Å². The molecule has 2 nitrogen and oxygen atoms in total. The molecule has 0 aromatic heterocycles. The zero-order chi connectivity index (χ0) is 9.97. The van der Waals surface area contributed by atoms with Crippen LogP contribution in [-0.4, -0.2) is 13.4 Å². The summed E-state index contributed by atoms with van der Waals surface area (Å²) in [7, 11) is 1.68. The Labute approximate surface area is 83.9 Å². The molecular weight excluding hydrogens is 176 g/mol. The molecular formula is C12H14O2. The van der Waals surface area contributed by atoms with Gasteiger partial charge in [0.25, 0.3) is 0 Å². The fourth-order valence-corrected chi connectivity index (χ4v) is 2.17. The summed E-state index contributed by atoms with van der Waals surface area (Å²) < 4.78 is 5.17. The van der Waals surface area contributed by atoms with Gasteiger partial charge in [0.15, 0.2) is 0 Å².